The Labute approximate surface area is 199 Å². The Morgan fingerprint density at radius 1 is 0.667 bits per heavy atom. The molecule has 2 rings (SSSR count). The maximum atomic E-state index is 12.3. The predicted octanol–water partition coefficient (Wildman–Crippen LogP) is 6.09. The molecule has 6 nitrogen and oxygen atoms in total. The molecule has 0 saturated heterocycles. The van der Waals surface area contributed by atoms with Crippen LogP contribution in [-0.4, -0.2) is 25.2 Å². The van der Waals surface area contributed by atoms with Crippen molar-refractivity contribution in [1.82, 2.24) is 0 Å². The third-order valence-electron chi connectivity index (χ3n) is 4.51. The van der Waals surface area contributed by atoms with Crippen LogP contribution in [0.15, 0.2) is 60.7 Å². The smallest absolute Gasteiger partial charge is 0.314 e. The summed E-state index contributed by atoms with van der Waals surface area (Å²) in [7, 11) is -0.301. The molecule has 0 bridgehead atoms. The fourth-order valence-electron chi connectivity index (χ4n) is 2.42. The Kier molecular flexibility index (Phi) is 12.9. The lowest BCUT2D eigenvalue weighted by molar-refractivity contribution is -0.157. The van der Waals surface area contributed by atoms with Crippen molar-refractivity contribution in [2.75, 3.05) is 13.2 Å². The van der Waals surface area contributed by atoms with Gasteiger partial charge in [-0.2, -0.15) is 0 Å². The average Bonchev–Trinajstić information content (AvgIpc) is 2.83. The summed E-state index contributed by atoms with van der Waals surface area (Å²) in [5.74, 6) is -0.683. The van der Waals surface area contributed by atoms with E-state index >= 15 is 0 Å². The number of rotatable bonds is 12. The van der Waals surface area contributed by atoms with E-state index in [9.17, 15) is 9.59 Å². The number of hydrogen-bond donors (Lipinski definition) is 0. The molecule has 0 unspecified atom stereocenters. The standard InChI is InChI=1S/C24H31O6P.C2H6/c1-23(2,21(25)27-15-19-11-7-5-8-12-19)17-29-31-30-18-24(3,4)22(26)28-16-20-13-9-6-10-14-20;1-2/h5-14,31H,15-18H2,1-4H3;1-2H3. The van der Waals surface area contributed by atoms with E-state index in [0.717, 1.165) is 11.1 Å². The predicted molar refractivity (Wildman–Crippen MR) is 132 cm³/mol. The van der Waals surface area contributed by atoms with Gasteiger partial charge in [-0.3, -0.25) is 9.59 Å². The Morgan fingerprint density at radius 3 is 1.33 bits per heavy atom. The molecule has 7 heteroatoms. The molecule has 0 aliphatic rings. The second-order valence-corrected chi connectivity index (χ2v) is 9.30. The van der Waals surface area contributed by atoms with Gasteiger partial charge in [0.2, 0.25) is 0 Å². The van der Waals surface area contributed by atoms with Gasteiger partial charge < -0.3 is 18.5 Å². The highest BCUT2D eigenvalue weighted by Gasteiger charge is 2.32. The zero-order chi connectivity index (χ0) is 24.7. The highest BCUT2D eigenvalue weighted by molar-refractivity contribution is 7.26. The molecule has 2 aromatic rings. The van der Waals surface area contributed by atoms with Gasteiger partial charge in [-0.15, -0.1) is 0 Å². The topological polar surface area (TPSA) is 71.1 Å². The number of carbonyl (C=O) groups excluding carboxylic acids is 2. The van der Waals surface area contributed by atoms with E-state index < -0.39 is 10.8 Å². The van der Waals surface area contributed by atoms with Crippen LogP contribution in [0, 0.1) is 10.8 Å². The van der Waals surface area contributed by atoms with Crippen LogP contribution in [0.3, 0.4) is 0 Å². The lowest BCUT2D eigenvalue weighted by Crippen LogP contribution is -2.31. The molecular formula is C26H37O6P. The monoisotopic (exact) mass is 476 g/mol. The van der Waals surface area contributed by atoms with Crippen LogP contribution >= 0.6 is 9.03 Å². The van der Waals surface area contributed by atoms with Crippen molar-refractivity contribution in [1.29, 1.82) is 0 Å². The summed E-state index contributed by atoms with van der Waals surface area (Å²) < 4.78 is 21.8. The minimum absolute atomic E-state index is 0.151. The molecule has 0 amide bonds. The van der Waals surface area contributed by atoms with Crippen molar-refractivity contribution in [3.8, 4) is 0 Å². The number of esters is 2. The molecule has 0 spiro atoms. The molecular weight excluding hydrogens is 439 g/mol. The fraction of sp³-hybridized carbons (Fsp3) is 0.462. The van der Waals surface area contributed by atoms with Crippen LogP contribution < -0.4 is 0 Å². The largest absolute Gasteiger partial charge is 0.460 e. The van der Waals surface area contributed by atoms with Crippen LogP contribution in [0.1, 0.15) is 52.7 Å². The molecule has 0 aromatic heterocycles. The molecule has 0 heterocycles. The van der Waals surface area contributed by atoms with E-state index in [1.54, 1.807) is 27.7 Å². The Bertz CT molecular complexity index is 752. The molecule has 0 saturated carbocycles. The van der Waals surface area contributed by atoms with Gasteiger partial charge in [0.15, 0.2) is 9.03 Å². The summed E-state index contributed by atoms with van der Waals surface area (Å²) in [6.45, 7) is 11.8. The summed E-state index contributed by atoms with van der Waals surface area (Å²) >= 11 is 0. The summed E-state index contributed by atoms with van der Waals surface area (Å²) in [4.78, 5) is 24.7. The van der Waals surface area contributed by atoms with E-state index in [1.807, 2.05) is 74.5 Å². The van der Waals surface area contributed by atoms with Crippen molar-refractivity contribution in [3.05, 3.63) is 71.8 Å². The molecule has 0 N–H and O–H groups in total. The first-order valence-corrected chi connectivity index (χ1v) is 11.9. The Morgan fingerprint density at radius 2 is 1.00 bits per heavy atom. The van der Waals surface area contributed by atoms with Crippen molar-refractivity contribution in [2.45, 2.75) is 54.8 Å². The Balaban J connectivity index is 0.00000265. The maximum absolute atomic E-state index is 12.3. The van der Waals surface area contributed by atoms with Crippen LogP contribution in [0.4, 0.5) is 0 Å². The van der Waals surface area contributed by atoms with E-state index in [0.29, 0.717) is 0 Å². The van der Waals surface area contributed by atoms with Gasteiger partial charge in [0.1, 0.15) is 13.2 Å². The van der Waals surface area contributed by atoms with Gasteiger partial charge in [-0.05, 0) is 38.8 Å². The second kappa shape index (κ2) is 14.8. The summed E-state index contributed by atoms with van der Waals surface area (Å²) in [5.41, 5.74) is 0.239. The maximum Gasteiger partial charge on any atom is 0.314 e. The van der Waals surface area contributed by atoms with Crippen molar-refractivity contribution < 1.29 is 28.1 Å². The SMILES string of the molecule is CC.CC(C)(COPOCC(C)(C)C(=O)OCc1ccccc1)C(=O)OCc1ccccc1. The van der Waals surface area contributed by atoms with Gasteiger partial charge in [0, 0.05) is 0 Å². The first kappa shape index (κ1) is 28.8. The van der Waals surface area contributed by atoms with Crippen LogP contribution in [0.2, 0.25) is 0 Å². The zero-order valence-electron chi connectivity index (χ0n) is 20.6. The second-order valence-electron chi connectivity index (χ2n) is 8.55. The van der Waals surface area contributed by atoms with Crippen molar-refractivity contribution in [2.24, 2.45) is 10.8 Å². The molecule has 33 heavy (non-hydrogen) atoms. The third kappa shape index (κ3) is 10.9. The van der Waals surface area contributed by atoms with E-state index in [-0.39, 0.29) is 47.4 Å². The lowest BCUT2D eigenvalue weighted by Gasteiger charge is -2.24. The molecule has 0 fully saturated rings. The van der Waals surface area contributed by atoms with Crippen molar-refractivity contribution in [3.63, 3.8) is 0 Å². The van der Waals surface area contributed by atoms with E-state index in [1.165, 1.54) is 0 Å². The number of benzene rings is 2. The number of ether oxygens (including phenoxy) is 2. The third-order valence-corrected chi connectivity index (χ3v) is 5.04. The number of hydrogen-bond acceptors (Lipinski definition) is 6. The minimum atomic E-state index is -0.810. The molecule has 182 valence electrons. The highest BCUT2D eigenvalue weighted by atomic mass is 31.1. The minimum Gasteiger partial charge on any atom is -0.460 e. The number of carbonyl (C=O) groups is 2. The van der Waals surface area contributed by atoms with Crippen LogP contribution in [0.25, 0.3) is 0 Å². The van der Waals surface area contributed by atoms with Gasteiger partial charge in [-0.1, -0.05) is 74.5 Å². The molecule has 0 atom stereocenters. The molecule has 2 aromatic carbocycles. The molecule has 0 radical (unpaired) electrons. The van der Waals surface area contributed by atoms with Crippen LogP contribution in [0.5, 0.6) is 0 Å². The van der Waals surface area contributed by atoms with Gasteiger partial charge in [0.05, 0.1) is 24.0 Å². The first-order chi connectivity index (χ1) is 15.7. The first-order valence-electron chi connectivity index (χ1n) is 11.1. The summed E-state index contributed by atoms with van der Waals surface area (Å²) in [6, 6.07) is 19.0. The van der Waals surface area contributed by atoms with Crippen LogP contribution in [-0.2, 0) is 41.3 Å². The summed E-state index contributed by atoms with van der Waals surface area (Å²) in [6.07, 6.45) is 0. The average molecular weight is 477 g/mol. The van der Waals surface area contributed by atoms with Gasteiger partial charge in [-0.25, -0.2) is 0 Å². The van der Waals surface area contributed by atoms with E-state index in [4.69, 9.17) is 18.5 Å². The van der Waals surface area contributed by atoms with Gasteiger partial charge >= 0.3 is 11.9 Å². The molecule has 0 aliphatic heterocycles. The Hall–Kier alpha value is -2.27. The highest BCUT2D eigenvalue weighted by Crippen LogP contribution is 2.28. The fourth-order valence-corrected chi connectivity index (χ4v) is 3.34. The lowest BCUT2D eigenvalue weighted by atomic mass is 9.95. The molecule has 0 aliphatic carbocycles. The normalized spacial score (nSPS) is 11.2. The zero-order valence-corrected chi connectivity index (χ0v) is 21.6. The quantitative estimate of drug-likeness (QED) is 0.210. The van der Waals surface area contributed by atoms with Gasteiger partial charge in [0.25, 0.3) is 0 Å². The van der Waals surface area contributed by atoms with E-state index in [2.05, 4.69) is 0 Å². The van der Waals surface area contributed by atoms with Crippen molar-refractivity contribution >= 4 is 21.0 Å². The summed E-state index contributed by atoms with van der Waals surface area (Å²) in [5, 5.41) is 0.